The smallest absolute Gasteiger partial charge is 0.143 e. The minimum Gasteiger partial charge on any atom is -0.455 e. The van der Waals surface area contributed by atoms with Crippen molar-refractivity contribution in [1.82, 2.24) is 0 Å². The van der Waals surface area contributed by atoms with Crippen LogP contribution in [0.5, 0.6) is 0 Å². The maximum atomic E-state index is 9.45. The summed E-state index contributed by atoms with van der Waals surface area (Å²) in [5.74, 6) is 0. The number of para-hydroxylation sites is 1. The van der Waals surface area contributed by atoms with E-state index in [1.54, 1.807) is 0 Å². The first-order valence-corrected chi connectivity index (χ1v) is 13.9. The van der Waals surface area contributed by atoms with Crippen LogP contribution in [0.2, 0.25) is 0 Å². The van der Waals surface area contributed by atoms with Gasteiger partial charge in [-0.3, -0.25) is 0 Å². The van der Waals surface area contributed by atoms with E-state index in [0.29, 0.717) is 5.56 Å². The molecule has 0 spiro atoms. The van der Waals surface area contributed by atoms with Gasteiger partial charge in [-0.15, -0.1) is 0 Å². The molecule has 8 aromatic carbocycles. The molecule has 9 aromatic rings. The molecule has 0 amide bonds. The summed E-state index contributed by atoms with van der Waals surface area (Å²) in [4.78, 5) is 0. The second-order valence-electron chi connectivity index (χ2n) is 10.4. The minimum atomic E-state index is -0.649. The predicted octanol–water partition coefficient (Wildman–Crippen LogP) is 12.0. The lowest BCUT2D eigenvalue weighted by Gasteiger charge is -2.19. The fraction of sp³-hybridized carbons (Fsp3) is 0. The molecule has 9 rings (SSSR count). The zero-order chi connectivity index (χ0) is 37.9. The van der Waals surface area contributed by atoms with Crippen molar-refractivity contribution in [3.8, 4) is 33.4 Å². The van der Waals surface area contributed by atoms with E-state index in [2.05, 4.69) is 24.3 Å². The molecule has 0 saturated heterocycles. The number of benzene rings is 8. The predicted molar refractivity (Wildman–Crippen MR) is 183 cm³/mol. The summed E-state index contributed by atoms with van der Waals surface area (Å²) in [7, 11) is 0. The standard InChI is InChI=1S/C42H26O/c1-2-13-28(14-3-1)30-22-11-25-37-41-36(24-12-26-38(41)43-42(30)37)40-34-20-8-6-18-32(34)39(33-19-7-9-21-35(33)40)31-23-10-16-27-15-4-5-17-29(27)31/h1-26H/i1D,2D,3D,11D,12D,13D,14D,22D,24D,25D,26D. The molecule has 0 atom stereocenters. The first-order valence-electron chi connectivity index (χ1n) is 19.4. The molecule has 0 saturated carbocycles. The van der Waals surface area contributed by atoms with Crippen LogP contribution in [0.25, 0.3) is 87.6 Å². The van der Waals surface area contributed by atoms with E-state index in [9.17, 15) is 2.74 Å². The van der Waals surface area contributed by atoms with Crippen LogP contribution >= 0.6 is 0 Å². The Hall–Kier alpha value is -5.66. The van der Waals surface area contributed by atoms with Crippen molar-refractivity contribution in [3.63, 3.8) is 0 Å². The molecule has 0 aliphatic rings. The fourth-order valence-corrected chi connectivity index (χ4v) is 6.35. The van der Waals surface area contributed by atoms with Crippen LogP contribution in [0, 0.1) is 0 Å². The maximum Gasteiger partial charge on any atom is 0.143 e. The van der Waals surface area contributed by atoms with Crippen LogP contribution < -0.4 is 0 Å². The summed E-state index contributed by atoms with van der Waals surface area (Å²) in [6, 6.07) is 23.7. The summed E-state index contributed by atoms with van der Waals surface area (Å²) in [6.07, 6.45) is 0. The highest BCUT2D eigenvalue weighted by molar-refractivity contribution is 6.27. The highest BCUT2D eigenvalue weighted by atomic mass is 16.3. The average Bonchev–Trinajstić information content (AvgIpc) is 3.58. The van der Waals surface area contributed by atoms with Crippen molar-refractivity contribution in [2.75, 3.05) is 0 Å². The van der Waals surface area contributed by atoms with Gasteiger partial charge in [-0.05, 0) is 66.2 Å². The molecule has 0 fully saturated rings. The van der Waals surface area contributed by atoms with E-state index in [0.717, 1.165) is 43.4 Å². The van der Waals surface area contributed by atoms with Crippen LogP contribution in [0.4, 0.5) is 0 Å². The Balaban J connectivity index is 1.51. The van der Waals surface area contributed by atoms with Gasteiger partial charge in [-0.2, -0.15) is 0 Å². The Labute approximate surface area is 264 Å². The molecule has 1 aromatic heterocycles. The van der Waals surface area contributed by atoms with Gasteiger partial charge in [0.2, 0.25) is 0 Å². The van der Waals surface area contributed by atoms with E-state index in [1.807, 2.05) is 66.7 Å². The van der Waals surface area contributed by atoms with E-state index in [1.165, 1.54) is 0 Å². The molecule has 0 aliphatic carbocycles. The summed E-state index contributed by atoms with van der Waals surface area (Å²) >= 11 is 0. The summed E-state index contributed by atoms with van der Waals surface area (Å²) < 4.78 is 103. The molecular weight excluding hydrogens is 520 g/mol. The molecule has 0 radical (unpaired) electrons. The van der Waals surface area contributed by atoms with Crippen LogP contribution in [0.1, 0.15) is 15.1 Å². The molecule has 0 bridgehead atoms. The lowest BCUT2D eigenvalue weighted by atomic mass is 9.84. The second kappa shape index (κ2) is 9.44. The van der Waals surface area contributed by atoms with Crippen LogP contribution in [-0.4, -0.2) is 0 Å². The highest BCUT2D eigenvalue weighted by Crippen LogP contribution is 2.48. The Bertz CT molecular complexity index is 3040. The van der Waals surface area contributed by atoms with Gasteiger partial charge in [0.15, 0.2) is 0 Å². The molecule has 1 heteroatoms. The van der Waals surface area contributed by atoms with Gasteiger partial charge in [0.25, 0.3) is 0 Å². The Morgan fingerprint density at radius 1 is 0.419 bits per heavy atom. The highest BCUT2D eigenvalue weighted by Gasteiger charge is 2.21. The fourth-order valence-electron chi connectivity index (χ4n) is 6.35. The Morgan fingerprint density at radius 2 is 1.00 bits per heavy atom. The van der Waals surface area contributed by atoms with Crippen LogP contribution in [0.15, 0.2) is 162 Å². The van der Waals surface area contributed by atoms with Gasteiger partial charge in [0.05, 0.1) is 15.1 Å². The van der Waals surface area contributed by atoms with Gasteiger partial charge >= 0.3 is 0 Å². The molecule has 0 unspecified atom stereocenters. The SMILES string of the molecule is [2H]c1c([2H])c([2H])c(-c2c([2H])c([2H])c([2H])c3c2oc2c([2H])c([2H])c([2H])c(-c4c5ccccc5c(-c5cccc6ccccc56)c5ccccc45)c23)c([2H])c1[2H]. The van der Waals surface area contributed by atoms with Crippen LogP contribution in [-0.2, 0) is 0 Å². The first-order chi connectivity index (χ1) is 25.9. The van der Waals surface area contributed by atoms with E-state index >= 15 is 0 Å². The third-order valence-corrected chi connectivity index (χ3v) is 8.11. The number of rotatable bonds is 3. The summed E-state index contributed by atoms with van der Waals surface area (Å²) in [6.45, 7) is 0. The number of fused-ring (bicyclic) bond motifs is 6. The quantitative estimate of drug-likeness (QED) is 0.197. The van der Waals surface area contributed by atoms with Gasteiger partial charge in [0.1, 0.15) is 11.2 Å². The molecule has 200 valence electrons. The Kier molecular flexibility index (Phi) is 3.41. The Morgan fingerprint density at radius 3 is 1.72 bits per heavy atom. The zero-order valence-electron chi connectivity index (χ0n) is 33.6. The largest absolute Gasteiger partial charge is 0.455 e. The molecule has 0 N–H and O–H groups in total. The monoisotopic (exact) mass is 557 g/mol. The van der Waals surface area contributed by atoms with Crippen molar-refractivity contribution in [2.45, 2.75) is 0 Å². The van der Waals surface area contributed by atoms with Crippen molar-refractivity contribution in [2.24, 2.45) is 0 Å². The van der Waals surface area contributed by atoms with Gasteiger partial charge in [-0.25, -0.2) is 0 Å². The van der Waals surface area contributed by atoms with Crippen molar-refractivity contribution < 1.29 is 19.5 Å². The van der Waals surface area contributed by atoms with Gasteiger partial charge < -0.3 is 4.42 Å². The number of hydrogen-bond acceptors (Lipinski definition) is 1. The summed E-state index contributed by atoms with van der Waals surface area (Å²) in [5.41, 5.74) is 1.57. The molecule has 0 aliphatic heterocycles. The maximum absolute atomic E-state index is 9.45. The lowest BCUT2D eigenvalue weighted by Crippen LogP contribution is -1.92. The third-order valence-electron chi connectivity index (χ3n) is 8.11. The molecule has 43 heavy (non-hydrogen) atoms. The molecular formula is C42H26O. The lowest BCUT2D eigenvalue weighted by molar-refractivity contribution is 0.670. The third kappa shape index (κ3) is 3.58. The van der Waals surface area contributed by atoms with E-state index < -0.39 is 60.4 Å². The summed E-state index contributed by atoms with van der Waals surface area (Å²) in [5, 5.41) is 5.30. The van der Waals surface area contributed by atoms with Crippen molar-refractivity contribution >= 4 is 54.3 Å². The number of hydrogen-bond donors (Lipinski definition) is 0. The molecule has 1 nitrogen and oxygen atoms in total. The van der Waals surface area contributed by atoms with E-state index in [4.69, 9.17) is 16.8 Å². The number of furan rings is 1. The topological polar surface area (TPSA) is 13.1 Å². The van der Waals surface area contributed by atoms with Gasteiger partial charge in [-0.1, -0.05) is 151 Å². The average molecular weight is 558 g/mol. The first kappa shape index (κ1) is 15.5. The van der Waals surface area contributed by atoms with Crippen LogP contribution in [0.3, 0.4) is 0 Å². The molecule has 1 heterocycles. The van der Waals surface area contributed by atoms with E-state index in [-0.39, 0.29) is 44.7 Å². The zero-order valence-corrected chi connectivity index (χ0v) is 22.6. The van der Waals surface area contributed by atoms with Crippen molar-refractivity contribution in [3.05, 3.63) is 157 Å². The van der Waals surface area contributed by atoms with Crippen molar-refractivity contribution in [1.29, 1.82) is 0 Å². The minimum absolute atomic E-state index is 0.0592. The normalized spacial score (nSPS) is 15.3. The van der Waals surface area contributed by atoms with Gasteiger partial charge in [0, 0.05) is 16.3 Å². The second-order valence-corrected chi connectivity index (χ2v) is 10.4.